The number of hydrogen-bond donors (Lipinski definition) is 1. The number of piperidine rings is 1. The van der Waals surface area contributed by atoms with Crippen LogP contribution in [0.5, 0.6) is 0 Å². The fourth-order valence-corrected chi connectivity index (χ4v) is 6.61. The minimum atomic E-state index is -0.0206. The van der Waals surface area contributed by atoms with Gasteiger partial charge < -0.3 is 15.1 Å². The Morgan fingerprint density at radius 2 is 1.68 bits per heavy atom. The van der Waals surface area contributed by atoms with Crippen LogP contribution in [0.2, 0.25) is 5.15 Å². The molecule has 0 bridgehead atoms. The quantitative estimate of drug-likeness (QED) is 0.0670. The van der Waals surface area contributed by atoms with Crippen LogP contribution in [0.1, 0.15) is 59.7 Å². The number of halogens is 1. The summed E-state index contributed by atoms with van der Waals surface area (Å²) in [6, 6.07) is 31.2. The summed E-state index contributed by atoms with van der Waals surface area (Å²) in [4.78, 5) is 26.9. The van der Waals surface area contributed by atoms with Crippen molar-refractivity contribution >= 4 is 35.1 Å². The van der Waals surface area contributed by atoms with Crippen LogP contribution < -0.4 is 10.2 Å². The number of thioether (sulfide) groups is 1. The van der Waals surface area contributed by atoms with E-state index in [2.05, 4.69) is 75.6 Å². The Bertz CT molecular complexity index is 1450. The molecule has 1 aliphatic rings. The molecule has 44 heavy (non-hydrogen) atoms. The normalized spacial score (nSPS) is 15.2. The van der Waals surface area contributed by atoms with Crippen LogP contribution in [-0.4, -0.2) is 53.0 Å². The molecule has 0 radical (unpaired) electrons. The van der Waals surface area contributed by atoms with Crippen molar-refractivity contribution in [3.63, 3.8) is 0 Å². The van der Waals surface area contributed by atoms with Crippen molar-refractivity contribution in [2.45, 2.75) is 62.5 Å². The molecule has 0 aliphatic carbocycles. The maximum Gasteiger partial charge on any atom is 0.251 e. The summed E-state index contributed by atoms with van der Waals surface area (Å²) in [7, 11) is 0. The molecule has 1 atom stereocenters. The molecule has 2 heterocycles. The lowest BCUT2D eigenvalue weighted by atomic mass is 10.0. The number of hydrogen-bond acceptors (Lipinski definition) is 6. The van der Waals surface area contributed by atoms with Crippen LogP contribution in [0.3, 0.4) is 0 Å². The fraction of sp³-hybridized carbons (Fsp3) is 0.361. The average molecular weight is 628 g/mol. The average Bonchev–Trinajstić information content (AvgIpc) is 3.05. The molecule has 1 unspecified atom stereocenters. The van der Waals surface area contributed by atoms with E-state index >= 15 is 0 Å². The zero-order valence-electron chi connectivity index (χ0n) is 25.5. The van der Waals surface area contributed by atoms with Crippen molar-refractivity contribution in [1.82, 2.24) is 20.2 Å². The second-order valence-corrected chi connectivity index (χ2v) is 12.8. The number of benzene rings is 3. The number of likely N-dealkylation sites (tertiary alicyclic amines) is 1. The number of amides is 1. The topological polar surface area (TPSA) is 61.4 Å². The minimum absolute atomic E-state index is 0.0206. The van der Waals surface area contributed by atoms with Gasteiger partial charge in [-0.25, -0.2) is 9.97 Å². The summed E-state index contributed by atoms with van der Waals surface area (Å²) in [5, 5.41) is 4.14. The van der Waals surface area contributed by atoms with E-state index < -0.39 is 0 Å². The highest BCUT2D eigenvalue weighted by molar-refractivity contribution is 7.98. The van der Waals surface area contributed by atoms with Gasteiger partial charge in [0.05, 0.1) is 0 Å². The van der Waals surface area contributed by atoms with E-state index in [4.69, 9.17) is 16.6 Å². The molecule has 5 rings (SSSR count). The third-order valence-electron chi connectivity index (χ3n) is 8.15. The Hall–Kier alpha value is -3.39. The van der Waals surface area contributed by atoms with Gasteiger partial charge in [0.1, 0.15) is 11.0 Å². The van der Waals surface area contributed by atoms with E-state index in [1.165, 1.54) is 36.9 Å². The molecular formula is C36H42ClN5OS. The van der Waals surface area contributed by atoms with E-state index in [0.29, 0.717) is 34.2 Å². The molecule has 1 fully saturated rings. The zero-order chi connectivity index (χ0) is 30.6. The van der Waals surface area contributed by atoms with E-state index in [1.54, 1.807) is 11.8 Å². The lowest BCUT2D eigenvalue weighted by Gasteiger charge is -2.33. The lowest BCUT2D eigenvalue weighted by Crippen LogP contribution is -2.39. The van der Waals surface area contributed by atoms with Gasteiger partial charge in [-0.05, 0) is 68.0 Å². The van der Waals surface area contributed by atoms with Gasteiger partial charge in [0.25, 0.3) is 5.91 Å². The molecule has 1 aromatic heterocycles. The van der Waals surface area contributed by atoms with Crippen LogP contribution >= 0.6 is 23.4 Å². The molecule has 6 nitrogen and oxygen atoms in total. The predicted molar refractivity (Wildman–Crippen MR) is 183 cm³/mol. The van der Waals surface area contributed by atoms with E-state index in [9.17, 15) is 4.79 Å². The van der Waals surface area contributed by atoms with Gasteiger partial charge in [0, 0.05) is 49.6 Å². The molecule has 230 valence electrons. The lowest BCUT2D eigenvalue weighted by molar-refractivity contribution is 0.0949. The Labute approximate surface area is 271 Å². The Kier molecular flexibility index (Phi) is 12.1. The number of aromatic nitrogens is 2. The third kappa shape index (κ3) is 9.81. The van der Waals surface area contributed by atoms with Gasteiger partial charge in [-0.1, -0.05) is 103 Å². The first-order valence-corrected chi connectivity index (χ1v) is 17.0. The molecule has 1 N–H and O–H groups in total. The first-order chi connectivity index (χ1) is 21.5. The molecule has 1 amide bonds. The van der Waals surface area contributed by atoms with Gasteiger partial charge in [0.15, 0.2) is 5.16 Å². The summed E-state index contributed by atoms with van der Waals surface area (Å²) in [5.74, 6) is 1.47. The largest absolute Gasteiger partial charge is 0.352 e. The first-order valence-electron chi connectivity index (χ1n) is 15.6. The second kappa shape index (κ2) is 16.6. The van der Waals surface area contributed by atoms with Crippen LogP contribution in [0.25, 0.3) is 0 Å². The van der Waals surface area contributed by atoms with Crippen molar-refractivity contribution in [2.24, 2.45) is 0 Å². The maximum absolute atomic E-state index is 12.7. The van der Waals surface area contributed by atoms with Gasteiger partial charge in [-0.15, -0.1) is 0 Å². The minimum Gasteiger partial charge on any atom is -0.352 e. The summed E-state index contributed by atoms with van der Waals surface area (Å²) < 4.78 is 0. The van der Waals surface area contributed by atoms with Gasteiger partial charge in [0.2, 0.25) is 0 Å². The van der Waals surface area contributed by atoms with Crippen molar-refractivity contribution < 1.29 is 4.79 Å². The van der Waals surface area contributed by atoms with E-state index in [0.717, 1.165) is 43.9 Å². The number of carbonyl (C=O) groups excluding carboxylic acids is 1. The van der Waals surface area contributed by atoms with Crippen molar-refractivity contribution in [2.75, 3.05) is 31.1 Å². The number of nitrogens with one attached hydrogen (secondary N) is 1. The Morgan fingerprint density at radius 1 is 0.955 bits per heavy atom. The molecule has 0 spiro atoms. The van der Waals surface area contributed by atoms with Crippen molar-refractivity contribution in [1.29, 1.82) is 0 Å². The van der Waals surface area contributed by atoms with Gasteiger partial charge >= 0.3 is 0 Å². The second-order valence-electron chi connectivity index (χ2n) is 11.5. The SMILES string of the molecule is CC1CCCCN1CCCNC(=O)c1ccc(CSc2nc(Cl)cc(N(CCc3ccccc3)Cc3ccccc3)n2)cc1. The summed E-state index contributed by atoms with van der Waals surface area (Å²) >= 11 is 8.06. The number of rotatable bonds is 14. The fourth-order valence-electron chi connectivity index (χ4n) is 5.58. The first kappa shape index (κ1) is 32.0. The van der Waals surface area contributed by atoms with Gasteiger partial charge in [-0.3, -0.25) is 4.79 Å². The molecular weight excluding hydrogens is 586 g/mol. The van der Waals surface area contributed by atoms with Crippen LogP contribution in [0.4, 0.5) is 5.82 Å². The number of anilines is 1. The number of nitrogens with zero attached hydrogens (tertiary/aromatic N) is 4. The van der Waals surface area contributed by atoms with Crippen LogP contribution in [0.15, 0.2) is 96.2 Å². The highest BCUT2D eigenvalue weighted by Crippen LogP contribution is 2.26. The highest BCUT2D eigenvalue weighted by Gasteiger charge is 2.17. The third-order valence-corrected chi connectivity index (χ3v) is 9.26. The Morgan fingerprint density at radius 3 is 2.41 bits per heavy atom. The maximum atomic E-state index is 12.7. The standard InChI is InChI=1S/C36H42ClN5OS/c1-28-11-8-9-22-41(28)23-10-21-38-35(43)32-18-16-31(17-19-32)27-44-36-39-33(37)25-34(40-36)42(26-30-14-6-3-7-15-30)24-20-29-12-4-2-5-13-29/h2-7,12-19,25,28H,8-11,20-24,26-27H2,1H3,(H,38,43). The van der Waals surface area contributed by atoms with E-state index in [-0.39, 0.29) is 5.91 Å². The summed E-state index contributed by atoms with van der Waals surface area (Å²) in [6.07, 6.45) is 5.77. The zero-order valence-corrected chi connectivity index (χ0v) is 27.1. The molecule has 0 saturated carbocycles. The summed E-state index contributed by atoms with van der Waals surface area (Å²) in [5.41, 5.74) is 4.28. The highest BCUT2D eigenvalue weighted by atomic mass is 35.5. The molecule has 8 heteroatoms. The molecule has 1 aliphatic heterocycles. The van der Waals surface area contributed by atoms with Crippen LogP contribution in [0, 0.1) is 0 Å². The summed E-state index contributed by atoms with van der Waals surface area (Å²) in [6.45, 7) is 6.76. The molecule has 4 aromatic rings. The monoisotopic (exact) mass is 627 g/mol. The predicted octanol–water partition coefficient (Wildman–Crippen LogP) is 7.67. The van der Waals surface area contributed by atoms with Crippen molar-refractivity contribution in [3.8, 4) is 0 Å². The molecule has 1 saturated heterocycles. The van der Waals surface area contributed by atoms with Crippen molar-refractivity contribution in [3.05, 3.63) is 118 Å². The van der Waals surface area contributed by atoms with Crippen LogP contribution in [-0.2, 0) is 18.7 Å². The van der Waals surface area contributed by atoms with E-state index in [1.807, 2.05) is 42.5 Å². The smallest absolute Gasteiger partial charge is 0.251 e. The number of carbonyl (C=O) groups is 1. The molecule has 3 aromatic carbocycles. The van der Waals surface area contributed by atoms with Gasteiger partial charge in [-0.2, -0.15) is 0 Å². The Balaban J connectivity index is 1.16.